The molecule has 6 nitrogen and oxygen atoms in total. The number of hydrogen-bond donors (Lipinski definition) is 0. The van der Waals surface area contributed by atoms with Crippen LogP contribution in [-0.4, -0.2) is 54.4 Å². The molecule has 0 bridgehead atoms. The van der Waals surface area contributed by atoms with Crippen LogP contribution in [0, 0.1) is 0 Å². The summed E-state index contributed by atoms with van der Waals surface area (Å²) in [5.41, 5.74) is 1.57. The number of esters is 1. The van der Waals surface area contributed by atoms with Crippen molar-refractivity contribution in [3.63, 3.8) is 0 Å². The van der Waals surface area contributed by atoms with Crippen molar-refractivity contribution in [3.05, 3.63) is 53.7 Å². The van der Waals surface area contributed by atoms with E-state index in [0.29, 0.717) is 0 Å². The number of benzene rings is 1. The lowest BCUT2D eigenvalue weighted by Gasteiger charge is -2.35. The Kier molecular flexibility index (Phi) is 4.83. The highest BCUT2D eigenvalue weighted by molar-refractivity contribution is 5.86. The summed E-state index contributed by atoms with van der Waals surface area (Å²) in [6, 6.07) is 14.0. The molecule has 0 unspecified atom stereocenters. The molecule has 0 N–H and O–H groups in total. The Morgan fingerprint density at radius 2 is 1.78 bits per heavy atom. The Morgan fingerprint density at radius 3 is 2.39 bits per heavy atom. The van der Waals surface area contributed by atoms with Gasteiger partial charge in [-0.2, -0.15) is 0 Å². The number of methoxy groups -OCH3 is 1. The molecule has 0 amide bonds. The predicted molar refractivity (Wildman–Crippen MR) is 87.3 cm³/mol. The molecule has 1 aromatic heterocycles. The zero-order chi connectivity index (χ0) is 16.1. The van der Waals surface area contributed by atoms with Crippen LogP contribution < -0.4 is 4.90 Å². The summed E-state index contributed by atoms with van der Waals surface area (Å²) in [7, 11) is 1.34. The predicted octanol–water partition coefficient (Wildman–Crippen LogP) is 1.59. The van der Waals surface area contributed by atoms with Crippen LogP contribution in [0.1, 0.15) is 16.1 Å². The van der Waals surface area contributed by atoms with Gasteiger partial charge in [0.15, 0.2) is 11.5 Å². The lowest BCUT2D eigenvalue weighted by molar-refractivity contribution is 0.0592. The molecule has 1 aliphatic heterocycles. The third kappa shape index (κ3) is 3.84. The summed E-state index contributed by atoms with van der Waals surface area (Å²) in [5, 5.41) is 8.07. The van der Waals surface area contributed by atoms with Crippen molar-refractivity contribution in [1.29, 1.82) is 0 Å². The van der Waals surface area contributed by atoms with Gasteiger partial charge in [-0.05, 0) is 17.7 Å². The second-order valence-corrected chi connectivity index (χ2v) is 5.52. The summed E-state index contributed by atoms with van der Waals surface area (Å²) >= 11 is 0. The van der Waals surface area contributed by atoms with Crippen LogP contribution in [0.2, 0.25) is 0 Å². The summed E-state index contributed by atoms with van der Waals surface area (Å²) in [6.07, 6.45) is 0. The Hall–Kier alpha value is -2.47. The van der Waals surface area contributed by atoms with Crippen LogP contribution in [0.25, 0.3) is 0 Å². The molecule has 0 spiro atoms. The average molecular weight is 312 g/mol. The zero-order valence-electron chi connectivity index (χ0n) is 13.2. The minimum absolute atomic E-state index is 0.235. The van der Waals surface area contributed by atoms with Crippen LogP contribution in [0.15, 0.2) is 42.5 Å². The molecule has 23 heavy (non-hydrogen) atoms. The Balaban J connectivity index is 1.55. The van der Waals surface area contributed by atoms with E-state index >= 15 is 0 Å². The van der Waals surface area contributed by atoms with E-state index in [-0.39, 0.29) is 5.69 Å². The molecule has 3 rings (SSSR count). The number of hydrogen-bond acceptors (Lipinski definition) is 6. The van der Waals surface area contributed by atoms with Gasteiger partial charge in [-0.25, -0.2) is 4.79 Å². The smallest absolute Gasteiger partial charge is 0.358 e. The summed E-state index contributed by atoms with van der Waals surface area (Å²) in [5.74, 6) is 0.341. The highest BCUT2D eigenvalue weighted by Gasteiger charge is 2.19. The number of carbonyl (C=O) groups is 1. The van der Waals surface area contributed by atoms with E-state index in [0.717, 1.165) is 38.5 Å². The number of aromatic nitrogens is 2. The number of nitrogens with zero attached hydrogens (tertiary/aromatic N) is 4. The standard InChI is InChI=1S/C17H20N4O2/c1-23-17(22)15-7-8-16(19-18-15)21-11-9-20(10-12-21)13-14-5-3-2-4-6-14/h2-8H,9-13H2,1H3. The average Bonchev–Trinajstić information content (AvgIpc) is 2.63. The van der Waals surface area contributed by atoms with Crippen molar-refractivity contribution in [2.24, 2.45) is 0 Å². The number of ether oxygens (including phenoxy) is 1. The van der Waals surface area contributed by atoms with Gasteiger partial charge in [0.25, 0.3) is 0 Å². The van der Waals surface area contributed by atoms with E-state index in [4.69, 9.17) is 0 Å². The normalized spacial score (nSPS) is 15.4. The van der Waals surface area contributed by atoms with E-state index in [1.165, 1.54) is 12.7 Å². The molecule has 2 aromatic rings. The first-order valence-corrected chi connectivity index (χ1v) is 7.69. The van der Waals surface area contributed by atoms with Gasteiger partial charge < -0.3 is 9.64 Å². The highest BCUT2D eigenvalue weighted by atomic mass is 16.5. The fourth-order valence-corrected chi connectivity index (χ4v) is 2.68. The van der Waals surface area contributed by atoms with E-state index < -0.39 is 5.97 Å². The molecule has 1 saturated heterocycles. The van der Waals surface area contributed by atoms with E-state index in [9.17, 15) is 4.79 Å². The molecule has 0 atom stereocenters. The maximum absolute atomic E-state index is 11.4. The molecular formula is C17H20N4O2. The Morgan fingerprint density at radius 1 is 1.04 bits per heavy atom. The minimum Gasteiger partial charge on any atom is -0.464 e. The zero-order valence-corrected chi connectivity index (χ0v) is 13.2. The van der Waals surface area contributed by atoms with Crippen molar-refractivity contribution in [3.8, 4) is 0 Å². The van der Waals surface area contributed by atoms with Crippen LogP contribution in [0.4, 0.5) is 5.82 Å². The third-order valence-corrected chi connectivity index (χ3v) is 3.99. The number of carbonyl (C=O) groups excluding carboxylic acids is 1. The molecule has 0 aliphatic carbocycles. The second-order valence-electron chi connectivity index (χ2n) is 5.52. The molecule has 1 aromatic carbocycles. The topological polar surface area (TPSA) is 58.6 Å². The lowest BCUT2D eigenvalue weighted by atomic mass is 10.2. The van der Waals surface area contributed by atoms with E-state index in [1.54, 1.807) is 6.07 Å². The number of piperazine rings is 1. The first-order valence-electron chi connectivity index (χ1n) is 7.69. The van der Waals surface area contributed by atoms with Gasteiger partial charge in [0.05, 0.1) is 7.11 Å². The monoisotopic (exact) mass is 312 g/mol. The van der Waals surface area contributed by atoms with Gasteiger partial charge in [0.2, 0.25) is 0 Å². The molecule has 2 heterocycles. The van der Waals surface area contributed by atoms with Crippen molar-refractivity contribution < 1.29 is 9.53 Å². The summed E-state index contributed by atoms with van der Waals surface area (Å²) < 4.78 is 4.63. The highest BCUT2D eigenvalue weighted by Crippen LogP contribution is 2.14. The molecular weight excluding hydrogens is 292 g/mol. The first kappa shape index (κ1) is 15.4. The molecule has 1 aliphatic rings. The van der Waals surface area contributed by atoms with Crippen molar-refractivity contribution >= 4 is 11.8 Å². The Bertz CT molecular complexity index is 637. The maximum atomic E-state index is 11.4. The van der Waals surface area contributed by atoms with Crippen LogP contribution in [0.3, 0.4) is 0 Å². The fraction of sp³-hybridized carbons (Fsp3) is 0.353. The fourth-order valence-electron chi connectivity index (χ4n) is 2.68. The largest absolute Gasteiger partial charge is 0.464 e. The van der Waals surface area contributed by atoms with Crippen molar-refractivity contribution in [1.82, 2.24) is 15.1 Å². The molecule has 120 valence electrons. The Labute approximate surface area is 135 Å². The number of rotatable bonds is 4. The van der Waals surface area contributed by atoms with Gasteiger partial charge in [-0.1, -0.05) is 30.3 Å². The quantitative estimate of drug-likeness (QED) is 0.799. The summed E-state index contributed by atoms with van der Waals surface area (Å²) in [6.45, 7) is 4.74. The number of anilines is 1. The second kappa shape index (κ2) is 7.19. The third-order valence-electron chi connectivity index (χ3n) is 3.99. The van der Waals surface area contributed by atoms with E-state index in [2.05, 4.69) is 49.0 Å². The van der Waals surface area contributed by atoms with Crippen LogP contribution in [-0.2, 0) is 11.3 Å². The van der Waals surface area contributed by atoms with Gasteiger partial charge in [0, 0.05) is 32.7 Å². The first-order chi connectivity index (χ1) is 11.3. The van der Waals surface area contributed by atoms with Crippen LogP contribution in [0.5, 0.6) is 0 Å². The molecule has 1 fully saturated rings. The lowest BCUT2D eigenvalue weighted by Crippen LogP contribution is -2.46. The van der Waals surface area contributed by atoms with Crippen molar-refractivity contribution in [2.75, 3.05) is 38.2 Å². The van der Waals surface area contributed by atoms with Gasteiger partial charge in [-0.15, -0.1) is 10.2 Å². The molecule has 0 radical (unpaired) electrons. The van der Waals surface area contributed by atoms with Gasteiger partial charge >= 0.3 is 5.97 Å². The van der Waals surface area contributed by atoms with Gasteiger partial charge in [0.1, 0.15) is 0 Å². The van der Waals surface area contributed by atoms with Crippen LogP contribution >= 0.6 is 0 Å². The van der Waals surface area contributed by atoms with E-state index in [1.807, 2.05) is 12.1 Å². The maximum Gasteiger partial charge on any atom is 0.358 e. The van der Waals surface area contributed by atoms with Gasteiger partial charge in [-0.3, -0.25) is 4.90 Å². The molecule has 6 heteroatoms. The molecule has 0 saturated carbocycles. The van der Waals surface area contributed by atoms with Crippen molar-refractivity contribution in [2.45, 2.75) is 6.54 Å². The minimum atomic E-state index is -0.461. The SMILES string of the molecule is COC(=O)c1ccc(N2CCN(Cc3ccccc3)CC2)nn1. The summed E-state index contributed by atoms with van der Waals surface area (Å²) in [4.78, 5) is 16.0.